The van der Waals surface area contributed by atoms with Crippen molar-refractivity contribution in [3.63, 3.8) is 0 Å². The standard InChI is InChI=1S/C20H21FN2O3/c1-12-3-6-18(13(2)9-12)26-8-7-22-20(25)16-11-19(24)23-17-10-14(21)4-5-15(16)17/h3-6,9-10,16H,7-8,11H2,1-2H3,(H,22,25)(H,23,24). The van der Waals surface area contributed by atoms with Gasteiger partial charge in [-0.2, -0.15) is 0 Å². The van der Waals surface area contributed by atoms with E-state index in [0.29, 0.717) is 24.4 Å². The minimum absolute atomic E-state index is 0.0440. The van der Waals surface area contributed by atoms with Crippen LogP contribution in [-0.4, -0.2) is 25.0 Å². The smallest absolute Gasteiger partial charge is 0.228 e. The zero-order valence-electron chi connectivity index (χ0n) is 14.8. The summed E-state index contributed by atoms with van der Waals surface area (Å²) in [6.45, 7) is 4.63. The lowest BCUT2D eigenvalue weighted by Crippen LogP contribution is -2.36. The summed E-state index contributed by atoms with van der Waals surface area (Å²) in [5.74, 6) is -0.859. The van der Waals surface area contributed by atoms with E-state index in [0.717, 1.165) is 16.9 Å². The summed E-state index contributed by atoms with van der Waals surface area (Å²) in [6.07, 6.45) is 0.0440. The Kier molecular flexibility index (Phi) is 5.21. The topological polar surface area (TPSA) is 67.4 Å². The molecule has 1 atom stereocenters. The maximum Gasteiger partial charge on any atom is 0.228 e. The molecule has 26 heavy (non-hydrogen) atoms. The van der Waals surface area contributed by atoms with Gasteiger partial charge in [0.1, 0.15) is 18.2 Å². The largest absolute Gasteiger partial charge is 0.491 e. The SMILES string of the molecule is Cc1ccc(OCCNC(=O)C2CC(=O)Nc3cc(F)ccc32)c(C)c1. The summed E-state index contributed by atoms with van der Waals surface area (Å²) in [7, 11) is 0. The number of rotatable bonds is 5. The Labute approximate surface area is 151 Å². The fourth-order valence-electron chi connectivity index (χ4n) is 3.09. The van der Waals surface area contributed by atoms with Crippen molar-refractivity contribution in [3.05, 3.63) is 58.9 Å². The molecule has 3 rings (SSSR count). The summed E-state index contributed by atoms with van der Waals surface area (Å²) in [4.78, 5) is 24.3. The first-order valence-electron chi connectivity index (χ1n) is 8.51. The summed E-state index contributed by atoms with van der Waals surface area (Å²) in [5, 5.41) is 5.39. The van der Waals surface area contributed by atoms with E-state index in [1.165, 1.54) is 12.1 Å². The Morgan fingerprint density at radius 3 is 2.85 bits per heavy atom. The Morgan fingerprint density at radius 1 is 1.27 bits per heavy atom. The third-order valence-corrected chi connectivity index (χ3v) is 4.36. The first-order chi connectivity index (χ1) is 12.4. The van der Waals surface area contributed by atoms with Crippen LogP contribution in [0.5, 0.6) is 5.75 Å². The Bertz CT molecular complexity index is 851. The molecule has 0 saturated heterocycles. The molecule has 0 radical (unpaired) electrons. The number of halogens is 1. The van der Waals surface area contributed by atoms with Crippen molar-refractivity contribution in [1.82, 2.24) is 5.32 Å². The number of hydrogen-bond donors (Lipinski definition) is 2. The van der Waals surface area contributed by atoms with Crippen molar-refractivity contribution >= 4 is 17.5 Å². The van der Waals surface area contributed by atoms with E-state index in [9.17, 15) is 14.0 Å². The van der Waals surface area contributed by atoms with Crippen LogP contribution >= 0.6 is 0 Å². The predicted molar refractivity (Wildman–Crippen MR) is 96.8 cm³/mol. The van der Waals surface area contributed by atoms with Crippen molar-refractivity contribution in [2.75, 3.05) is 18.5 Å². The minimum atomic E-state index is -0.625. The number of amides is 2. The van der Waals surface area contributed by atoms with Crippen molar-refractivity contribution in [1.29, 1.82) is 0 Å². The predicted octanol–water partition coefficient (Wildman–Crippen LogP) is 3.06. The highest BCUT2D eigenvalue weighted by Gasteiger charge is 2.30. The van der Waals surface area contributed by atoms with E-state index >= 15 is 0 Å². The second kappa shape index (κ2) is 7.56. The van der Waals surface area contributed by atoms with E-state index in [2.05, 4.69) is 10.6 Å². The Morgan fingerprint density at radius 2 is 2.08 bits per heavy atom. The second-order valence-corrected chi connectivity index (χ2v) is 6.44. The number of carbonyl (C=O) groups excluding carboxylic acids is 2. The van der Waals surface area contributed by atoms with Crippen LogP contribution in [0.15, 0.2) is 36.4 Å². The van der Waals surface area contributed by atoms with E-state index in [4.69, 9.17) is 4.74 Å². The molecule has 2 amide bonds. The summed E-state index contributed by atoms with van der Waals surface area (Å²) < 4.78 is 19.0. The van der Waals surface area contributed by atoms with Crippen LogP contribution in [0.25, 0.3) is 0 Å². The molecular weight excluding hydrogens is 335 g/mol. The molecule has 1 aliphatic rings. The molecule has 2 aromatic carbocycles. The molecule has 5 nitrogen and oxygen atoms in total. The monoisotopic (exact) mass is 356 g/mol. The van der Waals surface area contributed by atoms with E-state index < -0.39 is 11.7 Å². The van der Waals surface area contributed by atoms with Gasteiger partial charge < -0.3 is 15.4 Å². The van der Waals surface area contributed by atoms with Crippen LogP contribution in [0.3, 0.4) is 0 Å². The molecule has 136 valence electrons. The maximum atomic E-state index is 13.3. The fourth-order valence-corrected chi connectivity index (χ4v) is 3.09. The number of aryl methyl sites for hydroxylation is 2. The zero-order valence-corrected chi connectivity index (χ0v) is 14.8. The third kappa shape index (κ3) is 4.02. The molecule has 1 heterocycles. The lowest BCUT2D eigenvalue weighted by Gasteiger charge is -2.25. The molecule has 0 aliphatic carbocycles. The number of anilines is 1. The Balaban J connectivity index is 1.58. The fraction of sp³-hybridized carbons (Fsp3) is 0.300. The highest BCUT2D eigenvalue weighted by atomic mass is 19.1. The molecule has 1 aliphatic heterocycles. The van der Waals surface area contributed by atoms with Gasteiger partial charge in [0, 0.05) is 12.1 Å². The normalized spacial score (nSPS) is 15.8. The van der Waals surface area contributed by atoms with Gasteiger partial charge in [0.25, 0.3) is 0 Å². The first-order valence-corrected chi connectivity index (χ1v) is 8.51. The Hall–Kier alpha value is -2.89. The molecule has 2 aromatic rings. The number of ether oxygens (including phenoxy) is 1. The molecule has 6 heteroatoms. The molecular formula is C20H21FN2O3. The lowest BCUT2D eigenvalue weighted by molar-refractivity contribution is -0.126. The molecule has 0 aromatic heterocycles. The number of nitrogens with one attached hydrogen (secondary N) is 2. The zero-order chi connectivity index (χ0) is 18.7. The average molecular weight is 356 g/mol. The van der Waals surface area contributed by atoms with Gasteiger partial charge in [-0.05, 0) is 43.2 Å². The van der Waals surface area contributed by atoms with Crippen LogP contribution in [0.4, 0.5) is 10.1 Å². The van der Waals surface area contributed by atoms with Gasteiger partial charge >= 0.3 is 0 Å². The lowest BCUT2D eigenvalue weighted by atomic mass is 9.89. The van der Waals surface area contributed by atoms with Crippen LogP contribution < -0.4 is 15.4 Å². The number of carbonyl (C=O) groups is 2. The minimum Gasteiger partial charge on any atom is -0.491 e. The van der Waals surface area contributed by atoms with Gasteiger partial charge in [0.15, 0.2) is 0 Å². The van der Waals surface area contributed by atoms with Gasteiger partial charge in [-0.3, -0.25) is 9.59 Å². The number of hydrogen-bond acceptors (Lipinski definition) is 3. The van der Waals surface area contributed by atoms with Crippen molar-refractivity contribution in [3.8, 4) is 5.75 Å². The van der Waals surface area contributed by atoms with Crippen LogP contribution in [-0.2, 0) is 9.59 Å². The van der Waals surface area contributed by atoms with Crippen molar-refractivity contribution < 1.29 is 18.7 Å². The van der Waals surface area contributed by atoms with Crippen molar-refractivity contribution in [2.24, 2.45) is 0 Å². The van der Waals surface area contributed by atoms with Crippen molar-refractivity contribution in [2.45, 2.75) is 26.2 Å². The number of benzene rings is 2. The highest BCUT2D eigenvalue weighted by Crippen LogP contribution is 2.32. The van der Waals surface area contributed by atoms with Gasteiger partial charge in [-0.1, -0.05) is 23.8 Å². The quantitative estimate of drug-likeness (QED) is 0.809. The van der Waals surface area contributed by atoms with E-state index in [1.807, 2.05) is 32.0 Å². The second-order valence-electron chi connectivity index (χ2n) is 6.44. The molecule has 0 fully saturated rings. The molecule has 2 N–H and O–H groups in total. The molecule has 0 spiro atoms. The van der Waals surface area contributed by atoms with Crippen LogP contribution in [0.1, 0.15) is 29.0 Å². The van der Waals surface area contributed by atoms with Gasteiger partial charge in [-0.15, -0.1) is 0 Å². The molecule has 0 saturated carbocycles. The average Bonchev–Trinajstić information content (AvgIpc) is 2.58. The summed E-state index contributed by atoms with van der Waals surface area (Å²) in [6, 6.07) is 9.97. The summed E-state index contributed by atoms with van der Waals surface area (Å²) in [5.41, 5.74) is 3.18. The highest BCUT2D eigenvalue weighted by molar-refractivity contribution is 6.01. The number of fused-ring (bicyclic) bond motifs is 1. The van der Waals surface area contributed by atoms with E-state index in [-0.39, 0.29) is 18.2 Å². The van der Waals surface area contributed by atoms with E-state index in [1.54, 1.807) is 6.07 Å². The molecule has 0 bridgehead atoms. The first kappa shape index (κ1) is 17.9. The van der Waals surface area contributed by atoms with Crippen LogP contribution in [0, 0.1) is 19.7 Å². The summed E-state index contributed by atoms with van der Waals surface area (Å²) >= 11 is 0. The maximum absolute atomic E-state index is 13.3. The van der Waals surface area contributed by atoms with Gasteiger partial charge in [0.2, 0.25) is 11.8 Å². The third-order valence-electron chi connectivity index (χ3n) is 4.36. The van der Waals surface area contributed by atoms with Gasteiger partial charge in [0.05, 0.1) is 12.5 Å². The molecule has 1 unspecified atom stereocenters. The van der Waals surface area contributed by atoms with Crippen LogP contribution in [0.2, 0.25) is 0 Å². The van der Waals surface area contributed by atoms with Gasteiger partial charge in [-0.25, -0.2) is 4.39 Å².